The molecule has 2 bridgehead atoms. The lowest BCUT2D eigenvalue weighted by molar-refractivity contribution is -0.132. The van der Waals surface area contributed by atoms with E-state index in [1.54, 1.807) is 4.90 Å². The Kier molecular flexibility index (Phi) is 5.71. The average Bonchev–Trinajstić information content (AvgIpc) is 3.17. The number of amides is 3. The Bertz CT molecular complexity index is 659. The number of nitrogens with zero attached hydrogens (tertiary/aromatic N) is 2. The lowest BCUT2D eigenvalue weighted by Crippen LogP contribution is -2.53. The fraction of sp³-hybridized carbons (Fsp3) is 0.737. The van der Waals surface area contributed by atoms with Crippen molar-refractivity contribution < 1.29 is 19.1 Å². The highest BCUT2D eigenvalue weighted by molar-refractivity contribution is 5.85. The van der Waals surface area contributed by atoms with Gasteiger partial charge in [-0.15, -0.1) is 0 Å². The van der Waals surface area contributed by atoms with Gasteiger partial charge in [-0.05, 0) is 46.0 Å². The number of rotatable bonds is 3. The van der Waals surface area contributed by atoms with Crippen molar-refractivity contribution in [2.45, 2.75) is 64.1 Å². The van der Waals surface area contributed by atoms with Crippen LogP contribution in [0.25, 0.3) is 0 Å². The summed E-state index contributed by atoms with van der Waals surface area (Å²) in [6, 6.07) is 0.0506. The molecule has 9 heteroatoms. The summed E-state index contributed by atoms with van der Waals surface area (Å²) in [5, 5.41) is 3.26. The van der Waals surface area contributed by atoms with Crippen LogP contribution >= 0.6 is 0 Å². The lowest BCUT2D eigenvalue weighted by atomic mass is 10.0. The number of carbonyl (C=O) groups excluding carboxylic acids is 3. The van der Waals surface area contributed by atoms with Crippen molar-refractivity contribution >= 4 is 17.9 Å². The van der Waals surface area contributed by atoms with E-state index in [4.69, 9.17) is 4.74 Å². The van der Waals surface area contributed by atoms with Gasteiger partial charge in [0, 0.05) is 32.1 Å². The molecular formula is C19H31N5O4. The van der Waals surface area contributed by atoms with Gasteiger partial charge in [-0.3, -0.25) is 20.4 Å². The van der Waals surface area contributed by atoms with Crippen LogP contribution in [0.3, 0.4) is 0 Å². The predicted molar refractivity (Wildman–Crippen MR) is 103 cm³/mol. The minimum absolute atomic E-state index is 0.0578. The summed E-state index contributed by atoms with van der Waals surface area (Å²) in [5.41, 5.74) is 4.52. The maximum Gasteiger partial charge on any atom is 0.410 e. The van der Waals surface area contributed by atoms with E-state index >= 15 is 0 Å². The first-order valence-corrected chi connectivity index (χ1v) is 9.91. The summed E-state index contributed by atoms with van der Waals surface area (Å²) in [6.45, 7) is 11.3. The largest absolute Gasteiger partial charge is 0.444 e. The van der Waals surface area contributed by atoms with Gasteiger partial charge in [-0.1, -0.05) is 6.58 Å². The highest BCUT2D eigenvalue weighted by Crippen LogP contribution is 2.26. The molecule has 3 heterocycles. The number of fused-ring (bicyclic) bond motifs is 2. The summed E-state index contributed by atoms with van der Waals surface area (Å²) in [5.74, 6) is 0.347. The first-order chi connectivity index (χ1) is 13.1. The topological polar surface area (TPSA) is 103 Å². The molecule has 28 heavy (non-hydrogen) atoms. The third kappa shape index (κ3) is 4.88. The Morgan fingerprint density at radius 1 is 1.18 bits per heavy atom. The summed E-state index contributed by atoms with van der Waals surface area (Å²) in [7, 11) is 0. The molecule has 3 N–H and O–H groups in total. The second-order valence-electron chi connectivity index (χ2n) is 8.86. The van der Waals surface area contributed by atoms with Crippen LogP contribution in [0.4, 0.5) is 4.79 Å². The fourth-order valence-electron chi connectivity index (χ4n) is 4.00. The maximum atomic E-state index is 12.4. The highest BCUT2D eigenvalue weighted by Gasteiger charge is 2.39. The van der Waals surface area contributed by atoms with Crippen LogP contribution in [0.15, 0.2) is 12.4 Å². The number of ether oxygens (including phenoxy) is 1. The molecule has 0 aliphatic carbocycles. The molecule has 156 valence electrons. The Morgan fingerprint density at radius 2 is 1.93 bits per heavy atom. The van der Waals surface area contributed by atoms with Gasteiger partial charge in [0.15, 0.2) is 0 Å². The molecule has 3 atom stereocenters. The molecule has 0 aromatic rings. The number of piperidine rings is 1. The van der Waals surface area contributed by atoms with E-state index in [0.717, 1.165) is 31.6 Å². The van der Waals surface area contributed by atoms with Crippen molar-refractivity contribution in [3.8, 4) is 0 Å². The third-order valence-corrected chi connectivity index (χ3v) is 5.34. The minimum Gasteiger partial charge on any atom is -0.444 e. The summed E-state index contributed by atoms with van der Waals surface area (Å²) in [4.78, 5) is 40.3. The van der Waals surface area contributed by atoms with Crippen LogP contribution in [0.1, 0.15) is 46.5 Å². The van der Waals surface area contributed by atoms with Crippen molar-refractivity contribution in [2.24, 2.45) is 5.92 Å². The summed E-state index contributed by atoms with van der Waals surface area (Å²) < 4.78 is 5.37. The number of nitrogens with one attached hydrogen (secondary N) is 3. The molecule has 9 nitrogen and oxygen atoms in total. The first kappa shape index (κ1) is 20.3. The van der Waals surface area contributed by atoms with E-state index in [9.17, 15) is 14.4 Å². The predicted octanol–water partition coefficient (Wildman–Crippen LogP) is 0.688. The van der Waals surface area contributed by atoms with Crippen LogP contribution in [0.2, 0.25) is 0 Å². The number of hydrogen-bond donors (Lipinski definition) is 3. The van der Waals surface area contributed by atoms with Crippen LogP contribution in [0, 0.1) is 5.92 Å². The first-order valence-electron chi connectivity index (χ1n) is 9.91. The van der Waals surface area contributed by atoms with E-state index in [2.05, 4.69) is 22.7 Å². The monoisotopic (exact) mass is 393 g/mol. The Labute approximate surface area is 165 Å². The summed E-state index contributed by atoms with van der Waals surface area (Å²) >= 11 is 0. The molecule has 3 aliphatic heterocycles. The molecule has 0 aromatic carbocycles. The molecule has 3 fully saturated rings. The Morgan fingerprint density at radius 3 is 2.64 bits per heavy atom. The standard InChI is InChI=1S/C19H31N5O4/c1-12-20-14-5-6-15(24(12)11-14)17(26)22-21-16(25)9-13-7-8-23(10-13)18(27)28-19(2,3)4/h13-15,20H,1,5-11H2,2-4H3,(H,21,25)(H,22,26)/t13?,14-,15-/m0/s1. The second-order valence-corrected chi connectivity index (χ2v) is 8.86. The Balaban J connectivity index is 1.39. The van der Waals surface area contributed by atoms with Crippen molar-refractivity contribution in [1.82, 2.24) is 26.0 Å². The zero-order valence-electron chi connectivity index (χ0n) is 16.9. The molecule has 3 saturated heterocycles. The molecule has 0 aromatic heterocycles. The number of carbonyl (C=O) groups is 3. The molecule has 0 saturated carbocycles. The molecule has 3 rings (SSSR count). The quantitative estimate of drug-likeness (QED) is 0.610. The average molecular weight is 393 g/mol. The number of hydrogen-bond acceptors (Lipinski definition) is 6. The normalized spacial score (nSPS) is 26.7. The van der Waals surface area contributed by atoms with E-state index in [1.165, 1.54) is 0 Å². The second kappa shape index (κ2) is 7.89. The van der Waals surface area contributed by atoms with E-state index < -0.39 is 5.60 Å². The van der Waals surface area contributed by atoms with Gasteiger partial charge in [0.1, 0.15) is 11.6 Å². The maximum absolute atomic E-state index is 12.4. The summed E-state index contributed by atoms with van der Waals surface area (Å²) in [6.07, 6.45) is 2.28. The van der Waals surface area contributed by atoms with Crippen LogP contribution in [-0.2, 0) is 14.3 Å². The SMILES string of the molecule is C=C1N[C@H]2CC[C@@H](C(=O)NNC(=O)CC3CCN(C(=O)OC(C)(C)C)C3)N1C2. The molecule has 3 amide bonds. The van der Waals surface area contributed by atoms with Gasteiger partial charge in [-0.25, -0.2) is 4.79 Å². The van der Waals surface area contributed by atoms with Crippen molar-refractivity contribution in [3.05, 3.63) is 12.4 Å². The molecule has 1 unspecified atom stereocenters. The van der Waals surface area contributed by atoms with Gasteiger partial charge in [0.25, 0.3) is 5.91 Å². The Hall–Kier alpha value is -2.45. The zero-order chi connectivity index (χ0) is 20.5. The van der Waals surface area contributed by atoms with Crippen LogP contribution < -0.4 is 16.2 Å². The lowest BCUT2D eigenvalue weighted by Gasteiger charge is -2.31. The molecular weight excluding hydrogens is 362 g/mol. The van der Waals surface area contributed by atoms with Crippen molar-refractivity contribution in [2.75, 3.05) is 19.6 Å². The van der Waals surface area contributed by atoms with E-state index in [-0.39, 0.29) is 36.3 Å². The van der Waals surface area contributed by atoms with Gasteiger partial charge >= 0.3 is 6.09 Å². The third-order valence-electron chi connectivity index (χ3n) is 5.34. The van der Waals surface area contributed by atoms with Gasteiger partial charge in [0.05, 0.1) is 5.82 Å². The molecule has 0 spiro atoms. The van der Waals surface area contributed by atoms with Gasteiger partial charge < -0.3 is 19.9 Å². The highest BCUT2D eigenvalue weighted by atomic mass is 16.6. The van der Waals surface area contributed by atoms with Crippen LogP contribution in [-0.4, -0.2) is 65.0 Å². The number of likely N-dealkylation sites (tertiary alicyclic amines) is 1. The molecule has 0 radical (unpaired) electrons. The molecule has 3 aliphatic rings. The fourth-order valence-corrected chi connectivity index (χ4v) is 4.00. The van der Waals surface area contributed by atoms with E-state index in [1.807, 2.05) is 25.7 Å². The smallest absolute Gasteiger partial charge is 0.410 e. The zero-order valence-corrected chi connectivity index (χ0v) is 16.9. The van der Waals surface area contributed by atoms with Crippen molar-refractivity contribution in [3.63, 3.8) is 0 Å². The van der Waals surface area contributed by atoms with Gasteiger partial charge in [-0.2, -0.15) is 0 Å². The van der Waals surface area contributed by atoms with Gasteiger partial charge in [0.2, 0.25) is 5.91 Å². The minimum atomic E-state index is -0.536. The van der Waals surface area contributed by atoms with Crippen LogP contribution in [0.5, 0.6) is 0 Å². The number of hydrazine groups is 1. The van der Waals surface area contributed by atoms with E-state index in [0.29, 0.717) is 19.1 Å². The van der Waals surface area contributed by atoms with Crippen molar-refractivity contribution in [1.29, 1.82) is 0 Å².